The first-order valence-corrected chi connectivity index (χ1v) is 5.97. The average Bonchev–Trinajstić information content (AvgIpc) is 2.20. The van der Waals surface area contributed by atoms with Crippen molar-refractivity contribution >= 4 is 0 Å². The van der Waals surface area contributed by atoms with Crippen molar-refractivity contribution in [3.63, 3.8) is 0 Å². The van der Waals surface area contributed by atoms with Gasteiger partial charge in [0.05, 0.1) is 0 Å². The van der Waals surface area contributed by atoms with Crippen LogP contribution in [0.15, 0.2) is 24.3 Å². The van der Waals surface area contributed by atoms with Gasteiger partial charge >= 0.3 is 0 Å². The molecule has 0 amide bonds. The Labute approximate surface area is 92.1 Å². The fourth-order valence-corrected chi connectivity index (χ4v) is 0.451. The number of rotatable bonds is 3. The Morgan fingerprint density at radius 1 is 0.786 bits per heavy atom. The van der Waals surface area contributed by atoms with Gasteiger partial charge in [-0.3, -0.25) is 0 Å². The van der Waals surface area contributed by atoms with Crippen LogP contribution in [0.4, 0.5) is 0 Å². The lowest BCUT2D eigenvalue weighted by Gasteiger charge is -1.79. The van der Waals surface area contributed by atoms with Crippen molar-refractivity contribution in [2.75, 3.05) is 0 Å². The molecule has 14 heavy (non-hydrogen) atoms. The number of hydrogen-bond donors (Lipinski definition) is 0. The smallest absolute Gasteiger partial charge is 0.0353 e. The Balaban J connectivity index is -0.000000147. The number of unbranched alkanes of at least 4 members (excludes halogenated alkanes) is 1. The first-order valence-electron chi connectivity index (χ1n) is 5.97. The Morgan fingerprint density at radius 2 is 1.21 bits per heavy atom. The lowest BCUT2D eigenvalue weighted by atomic mass is 10.3. The zero-order valence-corrected chi connectivity index (χ0v) is 11.1. The minimum absolute atomic E-state index is 1.18. The standard InChI is InChI=1S/C7H14.C4H8.C3H8/c1-3-5-7-6-4-2;1-3-4-2;1-3-2/h5,7H,3-4,6H2,1-2H3;3-4H,1-2H3;3H2,1-2H3/b7-5+;4-3-;. The molecule has 0 N–H and O–H groups in total. The normalized spacial score (nSPS) is 9.29. The maximum absolute atomic E-state index is 2.24. The third-order valence-corrected chi connectivity index (χ3v) is 1.19. The van der Waals surface area contributed by atoms with Gasteiger partial charge in [-0.05, 0) is 26.7 Å². The summed E-state index contributed by atoms with van der Waals surface area (Å²) < 4.78 is 0. The Hall–Kier alpha value is -0.520. The summed E-state index contributed by atoms with van der Waals surface area (Å²) in [5.74, 6) is 0. The summed E-state index contributed by atoms with van der Waals surface area (Å²) in [5.41, 5.74) is 0. The van der Waals surface area contributed by atoms with Crippen LogP contribution in [0.2, 0.25) is 0 Å². The summed E-state index contributed by atoms with van der Waals surface area (Å²) in [7, 11) is 0. The van der Waals surface area contributed by atoms with Gasteiger partial charge in [-0.25, -0.2) is 0 Å². The van der Waals surface area contributed by atoms with E-state index in [1.54, 1.807) is 0 Å². The van der Waals surface area contributed by atoms with Crippen LogP contribution in [0, 0.1) is 0 Å². The second-order valence-electron chi connectivity index (χ2n) is 3.04. The SMILES string of the molecule is C/C=C\C.CC/C=C/CCC.CCC. The summed E-state index contributed by atoms with van der Waals surface area (Å²) in [6, 6.07) is 0. The summed E-state index contributed by atoms with van der Waals surface area (Å²) in [4.78, 5) is 0. The monoisotopic (exact) mass is 198 g/mol. The van der Waals surface area contributed by atoms with Gasteiger partial charge in [0.25, 0.3) is 0 Å². The number of hydrogen-bond acceptors (Lipinski definition) is 0. The zero-order chi connectivity index (χ0) is 11.7. The lowest BCUT2D eigenvalue weighted by Crippen LogP contribution is -1.58. The maximum atomic E-state index is 2.24. The third-order valence-electron chi connectivity index (χ3n) is 1.19. The van der Waals surface area contributed by atoms with Crippen molar-refractivity contribution in [3.8, 4) is 0 Å². The summed E-state index contributed by atoms with van der Waals surface area (Å²) in [6.45, 7) is 12.6. The molecule has 0 aliphatic carbocycles. The van der Waals surface area contributed by atoms with E-state index in [2.05, 4.69) is 39.8 Å². The highest BCUT2D eigenvalue weighted by Crippen LogP contribution is 1.88. The average molecular weight is 198 g/mol. The van der Waals surface area contributed by atoms with Gasteiger partial charge in [-0.15, -0.1) is 0 Å². The molecule has 0 aromatic carbocycles. The van der Waals surface area contributed by atoms with Crippen LogP contribution in [0.5, 0.6) is 0 Å². The molecule has 0 heteroatoms. The molecule has 0 aliphatic heterocycles. The van der Waals surface area contributed by atoms with Gasteiger partial charge in [0.2, 0.25) is 0 Å². The lowest BCUT2D eigenvalue weighted by molar-refractivity contribution is 0.952. The molecule has 0 saturated heterocycles. The molecule has 86 valence electrons. The van der Waals surface area contributed by atoms with Gasteiger partial charge < -0.3 is 0 Å². The Bertz CT molecular complexity index is 94.6. The molecule has 0 unspecified atom stereocenters. The van der Waals surface area contributed by atoms with Gasteiger partial charge in [0.15, 0.2) is 0 Å². The predicted octanol–water partition coefficient (Wildman–Crippen LogP) is 5.75. The van der Waals surface area contributed by atoms with Gasteiger partial charge in [0, 0.05) is 0 Å². The second-order valence-corrected chi connectivity index (χ2v) is 3.04. The van der Waals surface area contributed by atoms with Crippen molar-refractivity contribution in [2.24, 2.45) is 0 Å². The zero-order valence-electron chi connectivity index (χ0n) is 11.1. The molecule has 0 spiro atoms. The fourth-order valence-electron chi connectivity index (χ4n) is 0.451. The summed E-state index contributed by atoms with van der Waals surface area (Å²) >= 11 is 0. The van der Waals surface area contributed by atoms with E-state index in [4.69, 9.17) is 0 Å². The fraction of sp³-hybridized carbons (Fsp3) is 0.714. The van der Waals surface area contributed by atoms with E-state index in [9.17, 15) is 0 Å². The molecule has 0 aromatic heterocycles. The molecule has 0 atom stereocenters. The van der Waals surface area contributed by atoms with E-state index < -0.39 is 0 Å². The van der Waals surface area contributed by atoms with E-state index in [1.165, 1.54) is 25.7 Å². The van der Waals surface area contributed by atoms with Crippen LogP contribution >= 0.6 is 0 Å². The van der Waals surface area contributed by atoms with E-state index in [-0.39, 0.29) is 0 Å². The Morgan fingerprint density at radius 3 is 1.43 bits per heavy atom. The van der Waals surface area contributed by atoms with Crippen LogP contribution in [-0.4, -0.2) is 0 Å². The van der Waals surface area contributed by atoms with Crippen LogP contribution in [0.25, 0.3) is 0 Å². The highest BCUT2D eigenvalue weighted by atomic mass is 13.7. The molecule has 0 fully saturated rings. The first-order chi connectivity index (χ1) is 6.74. The molecule has 0 radical (unpaired) electrons. The molecule has 0 aliphatic rings. The minimum Gasteiger partial charge on any atom is -0.0919 e. The molecule has 0 bridgehead atoms. The number of allylic oxidation sites excluding steroid dienone is 4. The molecular weight excluding hydrogens is 168 g/mol. The quantitative estimate of drug-likeness (QED) is 0.506. The second kappa shape index (κ2) is 29.4. The van der Waals surface area contributed by atoms with E-state index in [0.717, 1.165) is 0 Å². The predicted molar refractivity (Wildman–Crippen MR) is 70.8 cm³/mol. The molecule has 0 heterocycles. The molecule has 0 nitrogen and oxygen atoms in total. The van der Waals surface area contributed by atoms with Crippen molar-refractivity contribution in [1.29, 1.82) is 0 Å². The first kappa shape index (κ1) is 19.1. The van der Waals surface area contributed by atoms with E-state index >= 15 is 0 Å². The van der Waals surface area contributed by atoms with Gasteiger partial charge in [0.1, 0.15) is 0 Å². The third kappa shape index (κ3) is 62.8. The highest BCUT2D eigenvalue weighted by Gasteiger charge is 1.68. The van der Waals surface area contributed by atoms with E-state index in [0.29, 0.717) is 0 Å². The van der Waals surface area contributed by atoms with Crippen LogP contribution in [0.1, 0.15) is 67.2 Å². The molecule has 0 aromatic rings. The Kier molecular flexibility index (Phi) is 40.1. The van der Waals surface area contributed by atoms with Gasteiger partial charge in [-0.1, -0.05) is 64.8 Å². The highest BCUT2D eigenvalue weighted by molar-refractivity contribution is 4.78. The molecular formula is C14H30. The largest absolute Gasteiger partial charge is 0.0919 e. The minimum atomic E-state index is 1.18. The van der Waals surface area contributed by atoms with Crippen molar-refractivity contribution in [2.45, 2.75) is 67.2 Å². The summed E-state index contributed by atoms with van der Waals surface area (Å²) in [6.07, 6.45) is 13.4. The molecule has 0 saturated carbocycles. The van der Waals surface area contributed by atoms with Crippen molar-refractivity contribution in [3.05, 3.63) is 24.3 Å². The van der Waals surface area contributed by atoms with Crippen LogP contribution in [-0.2, 0) is 0 Å². The maximum Gasteiger partial charge on any atom is -0.0353 e. The topological polar surface area (TPSA) is 0 Å². The van der Waals surface area contributed by atoms with E-state index in [1.807, 2.05) is 26.0 Å². The van der Waals surface area contributed by atoms with Gasteiger partial charge in [-0.2, -0.15) is 0 Å². The van der Waals surface area contributed by atoms with Crippen LogP contribution in [0.3, 0.4) is 0 Å². The summed E-state index contributed by atoms with van der Waals surface area (Å²) in [5, 5.41) is 0. The molecule has 0 rings (SSSR count). The van der Waals surface area contributed by atoms with Crippen molar-refractivity contribution in [1.82, 2.24) is 0 Å². The van der Waals surface area contributed by atoms with Crippen LogP contribution < -0.4 is 0 Å². The van der Waals surface area contributed by atoms with Crippen molar-refractivity contribution < 1.29 is 0 Å².